The van der Waals surface area contributed by atoms with Crippen molar-refractivity contribution in [1.29, 1.82) is 0 Å². The Morgan fingerprint density at radius 1 is 1.00 bits per heavy atom. The molecule has 1 aromatic heterocycles. The zero-order chi connectivity index (χ0) is 25.4. The Bertz CT molecular complexity index is 1490. The maximum Gasteiger partial charge on any atom is 0.305 e. The molecule has 7 rings (SSSR count). The molecule has 3 fully saturated rings. The van der Waals surface area contributed by atoms with Crippen molar-refractivity contribution in [3.05, 3.63) is 79.7 Å². The number of imide groups is 1. The van der Waals surface area contributed by atoms with Gasteiger partial charge in [-0.25, -0.2) is 0 Å². The number of halogens is 1. The van der Waals surface area contributed by atoms with Crippen molar-refractivity contribution in [3.8, 4) is 0 Å². The van der Waals surface area contributed by atoms with Crippen LogP contribution in [0.15, 0.2) is 64.4 Å². The lowest BCUT2D eigenvalue weighted by atomic mass is 9.68. The van der Waals surface area contributed by atoms with E-state index in [-0.39, 0.29) is 58.1 Å². The molecule has 3 amide bonds. The molecule has 0 radical (unpaired) electrons. The summed E-state index contributed by atoms with van der Waals surface area (Å²) < 4.78 is 0. The summed E-state index contributed by atoms with van der Waals surface area (Å²) in [6.07, 6.45) is 0.808. The number of aromatic amines is 1. The predicted octanol–water partition coefficient (Wildman–Crippen LogP) is 4.20. The fraction of sp³-hybridized carbons (Fsp3) is 0.333. The van der Waals surface area contributed by atoms with Crippen molar-refractivity contribution in [3.63, 3.8) is 0 Å². The number of thiazole rings is 1. The van der Waals surface area contributed by atoms with Gasteiger partial charge in [0.25, 0.3) is 0 Å². The van der Waals surface area contributed by atoms with Gasteiger partial charge in [0, 0.05) is 26.8 Å². The molecule has 10 heteroatoms. The number of benzene rings is 2. The first-order valence-corrected chi connectivity index (χ1v) is 14.3. The fourth-order valence-electron chi connectivity index (χ4n) is 7.14. The van der Waals surface area contributed by atoms with Crippen molar-refractivity contribution in [2.45, 2.75) is 22.6 Å². The second-order valence-electron chi connectivity index (χ2n) is 10.2. The zero-order valence-electron chi connectivity index (χ0n) is 19.4. The number of fused-ring (bicyclic) bond motifs is 9. The van der Waals surface area contributed by atoms with E-state index in [4.69, 9.17) is 11.6 Å². The van der Waals surface area contributed by atoms with E-state index in [9.17, 15) is 19.2 Å². The van der Waals surface area contributed by atoms with Gasteiger partial charge >= 0.3 is 4.87 Å². The Morgan fingerprint density at radius 3 is 2.43 bits per heavy atom. The van der Waals surface area contributed by atoms with Crippen LogP contribution >= 0.6 is 34.7 Å². The first kappa shape index (κ1) is 23.3. The molecular weight excluding hydrogens is 530 g/mol. The summed E-state index contributed by atoms with van der Waals surface area (Å²) in [5, 5.41) is 4.40. The van der Waals surface area contributed by atoms with Crippen LogP contribution in [0.5, 0.6) is 0 Å². The maximum atomic E-state index is 13.6. The molecule has 7 nitrogen and oxygen atoms in total. The van der Waals surface area contributed by atoms with E-state index >= 15 is 0 Å². The topological polar surface area (TPSA) is 99.3 Å². The van der Waals surface area contributed by atoms with Crippen LogP contribution < -0.4 is 10.2 Å². The number of carbonyl (C=O) groups is 3. The zero-order valence-corrected chi connectivity index (χ0v) is 21.8. The molecule has 2 aliphatic heterocycles. The van der Waals surface area contributed by atoms with Gasteiger partial charge in [0.15, 0.2) is 0 Å². The average Bonchev–Trinajstić information content (AvgIpc) is 3.61. The third kappa shape index (κ3) is 3.55. The lowest BCUT2D eigenvalue weighted by Crippen LogP contribution is -2.42. The number of rotatable bonds is 4. The highest BCUT2D eigenvalue weighted by Crippen LogP contribution is 2.68. The number of carbonyl (C=O) groups excluding carboxylic acids is 3. The van der Waals surface area contributed by atoms with Gasteiger partial charge < -0.3 is 10.3 Å². The fourth-order valence-corrected chi connectivity index (χ4v) is 10.2. The number of H-pyrrole nitrogens is 1. The molecule has 1 saturated heterocycles. The van der Waals surface area contributed by atoms with Crippen molar-refractivity contribution >= 4 is 58.1 Å². The number of nitrogens with zero attached hydrogens (tertiary/aromatic N) is 1. The minimum absolute atomic E-state index is 0.0113. The predicted molar refractivity (Wildman–Crippen MR) is 142 cm³/mol. The third-order valence-corrected chi connectivity index (χ3v) is 11.2. The van der Waals surface area contributed by atoms with Crippen molar-refractivity contribution in [2.75, 3.05) is 11.9 Å². The Hall–Kier alpha value is -2.88. The Balaban J connectivity index is 1.20. The lowest BCUT2D eigenvalue weighted by molar-refractivity contribution is -0.143. The second-order valence-corrected chi connectivity index (χ2v) is 12.8. The summed E-state index contributed by atoms with van der Waals surface area (Å²) in [5.41, 5.74) is 1.69. The molecule has 6 unspecified atom stereocenters. The van der Waals surface area contributed by atoms with Crippen molar-refractivity contribution in [1.82, 2.24) is 9.88 Å². The van der Waals surface area contributed by atoms with Crippen LogP contribution in [-0.4, -0.2) is 39.4 Å². The quantitative estimate of drug-likeness (QED) is 0.473. The van der Waals surface area contributed by atoms with Crippen LogP contribution in [0.2, 0.25) is 5.02 Å². The molecule has 188 valence electrons. The number of likely N-dealkylation sites (tertiary alicyclic amines) is 1. The number of thioether (sulfide) groups is 1. The van der Waals surface area contributed by atoms with E-state index in [2.05, 4.69) is 10.3 Å². The molecule has 3 aromatic rings. The highest BCUT2D eigenvalue weighted by molar-refractivity contribution is 8.00. The molecule has 2 aliphatic carbocycles. The lowest BCUT2D eigenvalue weighted by Gasteiger charge is -2.43. The van der Waals surface area contributed by atoms with Crippen LogP contribution in [0.4, 0.5) is 5.69 Å². The van der Waals surface area contributed by atoms with Crippen LogP contribution in [0, 0.1) is 29.6 Å². The highest BCUT2D eigenvalue weighted by atomic mass is 35.5. The van der Waals surface area contributed by atoms with Gasteiger partial charge in [-0.2, -0.15) is 0 Å². The molecule has 2 aromatic carbocycles. The molecule has 2 N–H and O–H groups in total. The number of hydrogen-bond acceptors (Lipinski definition) is 6. The molecule has 2 saturated carbocycles. The molecule has 0 spiro atoms. The minimum atomic E-state index is -0.420. The molecule has 7 atom stereocenters. The smallest absolute Gasteiger partial charge is 0.305 e. The molecule has 37 heavy (non-hydrogen) atoms. The molecular formula is C27H22ClN3O4S2. The number of amides is 3. The van der Waals surface area contributed by atoms with Crippen molar-refractivity contribution < 1.29 is 14.4 Å². The summed E-state index contributed by atoms with van der Waals surface area (Å²) >= 11 is 9.05. The molecule has 2 bridgehead atoms. The Morgan fingerprint density at radius 2 is 1.70 bits per heavy atom. The summed E-state index contributed by atoms with van der Waals surface area (Å²) in [7, 11) is 0. The van der Waals surface area contributed by atoms with Crippen LogP contribution in [0.3, 0.4) is 0 Å². The maximum absolute atomic E-state index is 13.6. The van der Waals surface area contributed by atoms with Gasteiger partial charge in [0.05, 0.1) is 16.9 Å². The number of anilines is 1. The first-order chi connectivity index (χ1) is 17.9. The van der Waals surface area contributed by atoms with Crippen molar-refractivity contribution in [2.24, 2.45) is 29.6 Å². The SMILES string of the molecule is O=C(CN1C(=O)C2C3CC(C2C1=O)C1C3Sc2[nH]c(=O)sc2[C@@H]1c1ccc(Cl)cc1)Nc1ccccc1. The van der Waals surface area contributed by atoms with Crippen LogP contribution in [0.25, 0.3) is 0 Å². The highest BCUT2D eigenvalue weighted by Gasteiger charge is 2.69. The van der Waals surface area contributed by atoms with Gasteiger partial charge in [0.2, 0.25) is 17.7 Å². The van der Waals surface area contributed by atoms with E-state index < -0.39 is 11.8 Å². The Labute approximate surface area is 225 Å². The number of hydrogen-bond donors (Lipinski definition) is 2. The van der Waals surface area contributed by atoms with E-state index in [1.165, 1.54) is 16.2 Å². The normalized spacial score (nSPS) is 31.3. The van der Waals surface area contributed by atoms with Gasteiger partial charge in [-0.15, -0.1) is 11.8 Å². The summed E-state index contributed by atoms with van der Waals surface area (Å²) in [6, 6.07) is 16.7. The van der Waals surface area contributed by atoms with E-state index in [0.29, 0.717) is 10.7 Å². The number of para-hydroxylation sites is 1. The van der Waals surface area contributed by atoms with E-state index in [0.717, 1.165) is 21.9 Å². The first-order valence-electron chi connectivity index (χ1n) is 12.3. The van der Waals surface area contributed by atoms with E-state index in [1.807, 2.05) is 42.5 Å². The number of aromatic nitrogens is 1. The van der Waals surface area contributed by atoms with Gasteiger partial charge in [-0.3, -0.25) is 24.1 Å². The van der Waals surface area contributed by atoms with Gasteiger partial charge in [-0.05, 0) is 54.0 Å². The summed E-state index contributed by atoms with van der Waals surface area (Å²) in [6.45, 7) is -0.275. The second kappa shape index (κ2) is 8.58. The summed E-state index contributed by atoms with van der Waals surface area (Å²) in [4.78, 5) is 57.3. The number of nitrogens with one attached hydrogen (secondary N) is 2. The largest absolute Gasteiger partial charge is 0.325 e. The standard InChI is InChI=1S/C27H22ClN3O4S2/c28-13-8-6-12(7-9-13)18-19-15-10-16(22(19)36-24-23(18)37-27(35)30-24)21-20(15)25(33)31(26(21)34)11-17(32)29-14-4-2-1-3-5-14/h1-9,15-16,18-22H,10-11H2,(H,29,32)(H,30,35)/t15?,16?,18-,19?,20?,21?,22?/m1/s1. The molecule has 4 aliphatic rings. The van der Waals surface area contributed by atoms with Crippen LogP contribution in [0.1, 0.15) is 22.8 Å². The monoisotopic (exact) mass is 551 g/mol. The average molecular weight is 552 g/mol. The van der Waals surface area contributed by atoms with Crippen LogP contribution in [-0.2, 0) is 14.4 Å². The van der Waals surface area contributed by atoms with E-state index in [1.54, 1.807) is 23.9 Å². The third-order valence-electron chi connectivity index (χ3n) is 8.40. The minimum Gasteiger partial charge on any atom is -0.325 e. The Kier molecular flexibility index (Phi) is 5.39. The summed E-state index contributed by atoms with van der Waals surface area (Å²) in [5.74, 6) is -1.58. The molecule has 3 heterocycles. The van der Waals surface area contributed by atoms with Gasteiger partial charge in [0.1, 0.15) is 6.54 Å². The van der Waals surface area contributed by atoms with Gasteiger partial charge in [-0.1, -0.05) is 53.3 Å².